The molecule has 0 amide bonds. The third-order valence-corrected chi connectivity index (χ3v) is 5.99. The molecule has 0 spiro atoms. The molecule has 140 valence electrons. The topological polar surface area (TPSA) is 46.6 Å². The number of anilines is 1. The number of hydrogen-bond donors (Lipinski definition) is 0. The van der Waals surface area contributed by atoms with Crippen LogP contribution < -0.4 is 9.04 Å². The molecule has 3 aromatic rings. The SMILES string of the molecule is COc1cccc(N(Cc2ccc(Cl)cc2)S(=O)(=O)c2cccc(F)c2)c1. The van der Waals surface area contributed by atoms with Gasteiger partial charge in [-0.05, 0) is 48.0 Å². The standard InChI is InChI=1S/C20H17ClFNO3S/c1-26-19-6-3-5-18(13-19)23(14-15-8-10-16(21)11-9-15)27(24,25)20-7-2-4-17(22)12-20/h2-13H,14H2,1H3. The van der Waals surface area contributed by atoms with Crippen LogP contribution in [-0.2, 0) is 16.6 Å². The molecule has 3 rings (SSSR count). The van der Waals surface area contributed by atoms with E-state index in [9.17, 15) is 12.8 Å². The van der Waals surface area contributed by atoms with Crippen LogP contribution in [0.25, 0.3) is 0 Å². The Kier molecular flexibility index (Phi) is 5.68. The fraction of sp³-hybridized carbons (Fsp3) is 0.100. The van der Waals surface area contributed by atoms with E-state index in [2.05, 4.69) is 0 Å². The Morgan fingerprint density at radius 2 is 1.70 bits per heavy atom. The van der Waals surface area contributed by atoms with E-state index in [1.165, 1.54) is 29.6 Å². The summed E-state index contributed by atoms with van der Waals surface area (Å²) in [5, 5.41) is 0.555. The quantitative estimate of drug-likeness (QED) is 0.587. The highest BCUT2D eigenvalue weighted by molar-refractivity contribution is 7.92. The molecule has 0 saturated heterocycles. The van der Waals surface area contributed by atoms with Gasteiger partial charge in [0.05, 0.1) is 24.2 Å². The second-order valence-electron chi connectivity index (χ2n) is 5.80. The van der Waals surface area contributed by atoms with Crippen LogP contribution in [0.15, 0.2) is 77.7 Å². The van der Waals surface area contributed by atoms with Crippen LogP contribution >= 0.6 is 11.6 Å². The zero-order valence-electron chi connectivity index (χ0n) is 14.5. The molecule has 3 aromatic carbocycles. The van der Waals surface area contributed by atoms with Crippen molar-refractivity contribution < 1.29 is 17.5 Å². The molecular weight excluding hydrogens is 389 g/mol. The number of hydrogen-bond acceptors (Lipinski definition) is 3. The lowest BCUT2D eigenvalue weighted by Crippen LogP contribution is -2.30. The van der Waals surface area contributed by atoms with Crippen LogP contribution in [0.5, 0.6) is 5.75 Å². The first-order valence-electron chi connectivity index (χ1n) is 8.07. The van der Waals surface area contributed by atoms with Gasteiger partial charge in [0.25, 0.3) is 10.0 Å². The van der Waals surface area contributed by atoms with Gasteiger partial charge in [-0.2, -0.15) is 0 Å². The Morgan fingerprint density at radius 3 is 2.37 bits per heavy atom. The van der Waals surface area contributed by atoms with Crippen molar-refractivity contribution >= 4 is 27.3 Å². The first-order valence-corrected chi connectivity index (χ1v) is 9.89. The van der Waals surface area contributed by atoms with Crippen LogP contribution in [0.1, 0.15) is 5.56 Å². The summed E-state index contributed by atoms with van der Waals surface area (Å²) < 4.78 is 46.6. The Balaban J connectivity index is 2.09. The molecule has 0 radical (unpaired) electrons. The van der Waals surface area contributed by atoms with Gasteiger partial charge in [0, 0.05) is 11.1 Å². The minimum Gasteiger partial charge on any atom is -0.497 e. The first-order chi connectivity index (χ1) is 12.9. The van der Waals surface area contributed by atoms with E-state index < -0.39 is 15.8 Å². The second kappa shape index (κ2) is 7.98. The molecule has 0 aromatic heterocycles. The van der Waals surface area contributed by atoms with E-state index in [0.717, 1.165) is 11.6 Å². The van der Waals surface area contributed by atoms with Crippen molar-refractivity contribution in [3.05, 3.63) is 89.2 Å². The van der Waals surface area contributed by atoms with Crippen molar-refractivity contribution in [2.45, 2.75) is 11.4 Å². The minimum absolute atomic E-state index is 0.0587. The summed E-state index contributed by atoms with van der Waals surface area (Å²) in [7, 11) is -2.50. The summed E-state index contributed by atoms with van der Waals surface area (Å²) >= 11 is 5.92. The van der Waals surface area contributed by atoms with Gasteiger partial charge in [-0.25, -0.2) is 12.8 Å². The van der Waals surface area contributed by atoms with Gasteiger partial charge in [-0.3, -0.25) is 4.31 Å². The van der Waals surface area contributed by atoms with Crippen molar-refractivity contribution in [2.24, 2.45) is 0 Å². The molecule has 27 heavy (non-hydrogen) atoms. The smallest absolute Gasteiger partial charge is 0.264 e. The van der Waals surface area contributed by atoms with Crippen molar-refractivity contribution in [2.75, 3.05) is 11.4 Å². The van der Waals surface area contributed by atoms with Crippen LogP contribution in [-0.4, -0.2) is 15.5 Å². The molecule has 4 nitrogen and oxygen atoms in total. The van der Waals surface area contributed by atoms with Gasteiger partial charge in [0.2, 0.25) is 0 Å². The molecule has 0 aliphatic rings. The normalized spacial score (nSPS) is 11.2. The predicted molar refractivity (Wildman–Crippen MR) is 104 cm³/mol. The zero-order valence-corrected chi connectivity index (χ0v) is 16.0. The number of ether oxygens (including phenoxy) is 1. The highest BCUT2D eigenvalue weighted by Crippen LogP contribution is 2.29. The maximum absolute atomic E-state index is 13.6. The summed E-state index contributed by atoms with van der Waals surface area (Å²) in [5.74, 6) is -0.101. The molecule has 0 unspecified atom stereocenters. The molecule has 0 atom stereocenters. The lowest BCUT2D eigenvalue weighted by molar-refractivity contribution is 0.415. The monoisotopic (exact) mass is 405 g/mol. The van der Waals surface area contributed by atoms with Crippen molar-refractivity contribution in [3.63, 3.8) is 0 Å². The van der Waals surface area contributed by atoms with Crippen LogP contribution in [0.2, 0.25) is 5.02 Å². The second-order valence-corrected chi connectivity index (χ2v) is 8.10. The summed E-state index contributed by atoms with van der Waals surface area (Å²) in [5.41, 5.74) is 1.15. The molecule has 0 fully saturated rings. The number of sulfonamides is 1. The van der Waals surface area contributed by atoms with Gasteiger partial charge in [0.1, 0.15) is 11.6 Å². The molecule has 0 heterocycles. The average Bonchev–Trinajstić information content (AvgIpc) is 2.67. The van der Waals surface area contributed by atoms with E-state index >= 15 is 0 Å². The highest BCUT2D eigenvalue weighted by atomic mass is 35.5. The first kappa shape index (κ1) is 19.2. The summed E-state index contributed by atoms with van der Waals surface area (Å²) in [6.45, 7) is 0.0587. The average molecular weight is 406 g/mol. The van der Waals surface area contributed by atoms with Gasteiger partial charge in [0.15, 0.2) is 0 Å². The number of benzene rings is 3. The summed E-state index contributed by atoms with van der Waals surface area (Å²) in [6.07, 6.45) is 0. The van der Waals surface area contributed by atoms with E-state index in [0.29, 0.717) is 16.5 Å². The Labute approximate surface area is 162 Å². The third-order valence-electron chi connectivity index (χ3n) is 3.96. The van der Waals surface area contributed by atoms with Gasteiger partial charge < -0.3 is 4.74 Å². The van der Waals surface area contributed by atoms with E-state index in [-0.39, 0.29) is 11.4 Å². The molecular formula is C20H17ClFNO3S. The Morgan fingerprint density at radius 1 is 1.00 bits per heavy atom. The third kappa shape index (κ3) is 4.40. The maximum Gasteiger partial charge on any atom is 0.264 e. The fourth-order valence-corrected chi connectivity index (χ4v) is 4.19. The van der Waals surface area contributed by atoms with E-state index in [4.69, 9.17) is 16.3 Å². The molecule has 0 aliphatic carbocycles. The van der Waals surface area contributed by atoms with Gasteiger partial charge >= 0.3 is 0 Å². The van der Waals surface area contributed by atoms with E-state index in [1.54, 1.807) is 48.5 Å². The van der Waals surface area contributed by atoms with E-state index in [1.807, 2.05) is 0 Å². The lowest BCUT2D eigenvalue weighted by atomic mass is 10.2. The van der Waals surface area contributed by atoms with Gasteiger partial charge in [-0.1, -0.05) is 35.9 Å². The minimum atomic E-state index is -4.01. The number of nitrogens with zero attached hydrogens (tertiary/aromatic N) is 1. The summed E-state index contributed by atoms with van der Waals surface area (Å²) in [4.78, 5) is -0.126. The largest absolute Gasteiger partial charge is 0.497 e. The predicted octanol–water partition coefficient (Wildman–Crippen LogP) is 4.88. The highest BCUT2D eigenvalue weighted by Gasteiger charge is 2.26. The number of rotatable bonds is 6. The van der Waals surface area contributed by atoms with Crippen LogP contribution in [0, 0.1) is 5.82 Å². The van der Waals surface area contributed by atoms with Crippen molar-refractivity contribution in [1.29, 1.82) is 0 Å². The van der Waals surface area contributed by atoms with Crippen LogP contribution in [0.4, 0.5) is 10.1 Å². The molecule has 7 heteroatoms. The zero-order chi connectivity index (χ0) is 19.4. The molecule has 0 bridgehead atoms. The number of methoxy groups -OCH3 is 1. The fourth-order valence-electron chi connectivity index (χ4n) is 2.59. The Bertz CT molecular complexity index is 1040. The lowest BCUT2D eigenvalue weighted by Gasteiger charge is -2.25. The molecule has 0 aliphatic heterocycles. The van der Waals surface area contributed by atoms with Crippen molar-refractivity contribution in [3.8, 4) is 5.75 Å². The van der Waals surface area contributed by atoms with Crippen molar-refractivity contribution in [1.82, 2.24) is 0 Å². The molecule has 0 saturated carbocycles. The number of halogens is 2. The van der Waals surface area contributed by atoms with Crippen LogP contribution in [0.3, 0.4) is 0 Å². The van der Waals surface area contributed by atoms with Gasteiger partial charge in [-0.15, -0.1) is 0 Å². The molecule has 0 N–H and O–H groups in total. The Hall–Kier alpha value is -2.57. The summed E-state index contributed by atoms with van der Waals surface area (Å²) in [6, 6.07) is 18.5. The maximum atomic E-state index is 13.6.